The maximum Gasteiger partial charge on any atom is 0.305 e. The molecule has 1 heterocycles. The van der Waals surface area contributed by atoms with Gasteiger partial charge < -0.3 is 26.0 Å². The van der Waals surface area contributed by atoms with Gasteiger partial charge in [0.25, 0.3) is 5.91 Å². The van der Waals surface area contributed by atoms with Crippen LogP contribution in [-0.4, -0.2) is 23.8 Å². The van der Waals surface area contributed by atoms with Gasteiger partial charge in [0.2, 0.25) is 6.79 Å². The lowest BCUT2D eigenvalue weighted by molar-refractivity contribution is -0.137. The van der Waals surface area contributed by atoms with Crippen LogP contribution in [0.5, 0.6) is 11.5 Å². The van der Waals surface area contributed by atoms with Gasteiger partial charge in [0.05, 0.1) is 12.0 Å². The highest BCUT2D eigenvalue weighted by Gasteiger charge is 2.27. The number of aliphatic carboxylic acids is 1. The van der Waals surface area contributed by atoms with Gasteiger partial charge in [-0.05, 0) is 11.6 Å². The van der Waals surface area contributed by atoms with E-state index in [0.717, 1.165) is 0 Å². The molecule has 96 valence electrons. The molecule has 0 aliphatic carbocycles. The molecule has 2 rings (SSSR count). The number of carbonyl (C=O) groups is 2. The van der Waals surface area contributed by atoms with E-state index in [1.54, 1.807) is 6.07 Å². The van der Waals surface area contributed by atoms with Crippen molar-refractivity contribution in [2.45, 2.75) is 12.5 Å². The average Bonchev–Trinajstić information content (AvgIpc) is 2.73. The molecule has 1 aliphatic rings. The fraction of sp³-hybridized carbons (Fsp3) is 0.273. The fourth-order valence-electron chi connectivity index (χ4n) is 1.85. The predicted octanol–water partition coefficient (Wildman–Crippen LogP) is -0.0113. The van der Waals surface area contributed by atoms with Crippen LogP contribution >= 0.6 is 0 Å². The Morgan fingerprint density at radius 2 is 2.11 bits per heavy atom. The third-order valence-electron chi connectivity index (χ3n) is 2.61. The Hall–Kier alpha value is -2.28. The van der Waals surface area contributed by atoms with Crippen LogP contribution in [-0.2, 0) is 4.79 Å². The van der Waals surface area contributed by atoms with Crippen LogP contribution < -0.4 is 20.9 Å². The molecule has 0 spiro atoms. The second-order valence-corrected chi connectivity index (χ2v) is 3.83. The topological polar surface area (TPSA) is 125 Å². The monoisotopic (exact) mass is 252 g/mol. The lowest BCUT2D eigenvalue weighted by atomic mass is 9.97. The first-order valence-corrected chi connectivity index (χ1v) is 5.20. The molecule has 0 radical (unpaired) electrons. The van der Waals surface area contributed by atoms with Crippen LogP contribution in [0.25, 0.3) is 0 Å². The SMILES string of the molecule is NC(=O)c1c(C(N)CC(=O)O)ccc2c1OCO2. The zero-order valence-corrected chi connectivity index (χ0v) is 9.38. The third kappa shape index (κ3) is 2.07. The number of hydrogen-bond acceptors (Lipinski definition) is 5. The number of carboxylic acid groups (broad SMARTS) is 1. The summed E-state index contributed by atoms with van der Waals surface area (Å²) in [5.41, 5.74) is 11.4. The van der Waals surface area contributed by atoms with Crippen LogP contribution in [0.3, 0.4) is 0 Å². The molecule has 0 bridgehead atoms. The molecule has 0 saturated heterocycles. The highest BCUT2D eigenvalue weighted by atomic mass is 16.7. The first-order valence-electron chi connectivity index (χ1n) is 5.20. The van der Waals surface area contributed by atoms with Gasteiger partial charge in [-0.25, -0.2) is 0 Å². The van der Waals surface area contributed by atoms with Crippen LogP contribution in [0.2, 0.25) is 0 Å². The van der Waals surface area contributed by atoms with Gasteiger partial charge in [-0.1, -0.05) is 6.07 Å². The Morgan fingerprint density at radius 3 is 2.72 bits per heavy atom. The van der Waals surface area contributed by atoms with E-state index in [2.05, 4.69) is 0 Å². The number of rotatable bonds is 4. The zero-order chi connectivity index (χ0) is 13.3. The van der Waals surface area contributed by atoms with Crippen LogP contribution in [0.1, 0.15) is 28.4 Å². The molecule has 1 unspecified atom stereocenters. The Morgan fingerprint density at radius 1 is 1.39 bits per heavy atom. The van der Waals surface area contributed by atoms with E-state index in [-0.39, 0.29) is 24.5 Å². The molecule has 0 fully saturated rings. The molecule has 7 heteroatoms. The quantitative estimate of drug-likeness (QED) is 0.692. The number of ether oxygens (including phenoxy) is 2. The number of hydrogen-bond donors (Lipinski definition) is 3. The lowest BCUT2D eigenvalue weighted by Crippen LogP contribution is -2.21. The molecule has 18 heavy (non-hydrogen) atoms. The van der Waals surface area contributed by atoms with Gasteiger partial charge in [0.15, 0.2) is 11.5 Å². The molecular weight excluding hydrogens is 240 g/mol. The van der Waals surface area contributed by atoms with E-state index in [0.29, 0.717) is 11.3 Å². The number of nitrogens with two attached hydrogens (primary N) is 2. The minimum atomic E-state index is -1.06. The summed E-state index contributed by atoms with van der Waals surface area (Å²) >= 11 is 0. The minimum Gasteiger partial charge on any atom is -0.481 e. The normalized spacial score (nSPS) is 14.3. The van der Waals surface area contributed by atoms with Crippen molar-refractivity contribution >= 4 is 11.9 Å². The van der Waals surface area contributed by atoms with Gasteiger partial charge in [-0.15, -0.1) is 0 Å². The van der Waals surface area contributed by atoms with Crippen molar-refractivity contribution in [3.63, 3.8) is 0 Å². The summed E-state index contributed by atoms with van der Waals surface area (Å²) in [4.78, 5) is 22.1. The third-order valence-corrected chi connectivity index (χ3v) is 2.61. The van der Waals surface area contributed by atoms with Gasteiger partial charge in [0, 0.05) is 6.04 Å². The lowest BCUT2D eigenvalue weighted by Gasteiger charge is -2.14. The Bertz CT molecular complexity index is 514. The van der Waals surface area contributed by atoms with Crippen molar-refractivity contribution in [1.29, 1.82) is 0 Å². The number of carbonyl (C=O) groups excluding carboxylic acids is 1. The molecule has 1 aromatic carbocycles. The Balaban J connectivity index is 2.47. The first-order chi connectivity index (χ1) is 8.50. The summed E-state index contributed by atoms with van der Waals surface area (Å²) in [6, 6.07) is 2.27. The highest BCUT2D eigenvalue weighted by molar-refractivity contribution is 5.98. The number of amides is 1. The first kappa shape index (κ1) is 12.2. The molecule has 5 N–H and O–H groups in total. The van der Waals surface area contributed by atoms with Crippen LogP contribution in [0, 0.1) is 0 Å². The molecule has 1 aromatic rings. The summed E-state index contributed by atoms with van der Waals surface area (Å²) in [5.74, 6) is -1.17. The number of fused-ring (bicyclic) bond motifs is 1. The van der Waals surface area contributed by atoms with E-state index in [4.69, 9.17) is 26.0 Å². The van der Waals surface area contributed by atoms with Gasteiger partial charge in [-0.3, -0.25) is 9.59 Å². The van der Waals surface area contributed by atoms with E-state index >= 15 is 0 Å². The van der Waals surface area contributed by atoms with E-state index in [9.17, 15) is 9.59 Å². The molecule has 1 atom stereocenters. The molecule has 0 saturated carbocycles. The van der Waals surface area contributed by atoms with Crippen molar-refractivity contribution in [2.75, 3.05) is 6.79 Å². The number of primary amides is 1. The summed E-state index contributed by atoms with van der Waals surface area (Å²) in [6.07, 6.45) is -0.306. The standard InChI is InChI=1S/C11H12N2O5/c12-6(3-8(14)15)5-1-2-7-10(18-4-17-7)9(5)11(13)16/h1-2,6H,3-4,12H2,(H2,13,16)(H,14,15). The van der Waals surface area contributed by atoms with Gasteiger partial charge >= 0.3 is 5.97 Å². The zero-order valence-electron chi connectivity index (χ0n) is 9.38. The van der Waals surface area contributed by atoms with Crippen LogP contribution in [0.15, 0.2) is 12.1 Å². The van der Waals surface area contributed by atoms with Crippen molar-refractivity contribution in [1.82, 2.24) is 0 Å². The summed E-state index contributed by atoms with van der Waals surface area (Å²) in [7, 11) is 0. The van der Waals surface area contributed by atoms with E-state index in [1.807, 2.05) is 0 Å². The minimum absolute atomic E-state index is 0.00671. The summed E-state index contributed by atoms with van der Waals surface area (Å²) in [5, 5.41) is 8.72. The average molecular weight is 252 g/mol. The van der Waals surface area contributed by atoms with Crippen molar-refractivity contribution in [3.05, 3.63) is 23.3 Å². The maximum absolute atomic E-state index is 11.5. The Kier molecular flexibility index (Phi) is 3.07. The second-order valence-electron chi connectivity index (χ2n) is 3.83. The summed E-state index contributed by atoms with van der Waals surface area (Å²) < 4.78 is 10.3. The van der Waals surface area contributed by atoms with Gasteiger partial charge in [0.1, 0.15) is 0 Å². The second kappa shape index (κ2) is 4.53. The van der Waals surface area contributed by atoms with E-state index in [1.165, 1.54) is 6.07 Å². The number of benzene rings is 1. The predicted molar refractivity (Wildman–Crippen MR) is 60.3 cm³/mol. The molecule has 0 aromatic heterocycles. The number of carboxylic acids is 1. The largest absolute Gasteiger partial charge is 0.481 e. The highest BCUT2D eigenvalue weighted by Crippen LogP contribution is 2.39. The smallest absolute Gasteiger partial charge is 0.305 e. The molecule has 7 nitrogen and oxygen atoms in total. The molecular formula is C11H12N2O5. The van der Waals surface area contributed by atoms with Crippen molar-refractivity contribution in [2.24, 2.45) is 11.5 Å². The van der Waals surface area contributed by atoms with Crippen LogP contribution in [0.4, 0.5) is 0 Å². The van der Waals surface area contributed by atoms with Crippen molar-refractivity contribution < 1.29 is 24.2 Å². The molecule has 1 amide bonds. The Labute approximate surface area is 102 Å². The summed E-state index contributed by atoms with van der Waals surface area (Å²) in [6.45, 7) is -0.00671. The maximum atomic E-state index is 11.5. The van der Waals surface area contributed by atoms with E-state index < -0.39 is 17.9 Å². The van der Waals surface area contributed by atoms with Gasteiger partial charge in [-0.2, -0.15) is 0 Å². The van der Waals surface area contributed by atoms with Crippen molar-refractivity contribution in [3.8, 4) is 11.5 Å². The molecule has 1 aliphatic heterocycles. The fourth-order valence-corrected chi connectivity index (χ4v) is 1.85.